The molecule has 126 valence electrons. The molecule has 1 saturated carbocycles. The molecule has 1 aromatic heterocycles. The molecule has 2 aliphatic rings. The number of carbonyl (C=O) groups is 1. The third-order valence-electron chi connectivity index (χ3n) is 5.18. The zero-order valence-electron chi connectivity index (χ0n) is 14.7. The van der Waals surface area contributed by atoms with Gasteiger partial charge in [-0.2, -0.15) is 5.10 Å². The number of nitrogens with one attached hydrogen (secondary N) is 1. The van der Waals surface area contributed by atoms with E-state index in [1.165, 1.54) is 5.57 Å². The maximum atomic E-state index is 12.7. The van der Waals surface area contributed by atoms with Gasteiger partial charge in [0.05, 0.1) is 18.2 Å². The van der Waals surface area contributed by atoms with Crippen LogP contribution in [0.25, 0.3) is 0 Å². The van der Waals surface area contributed by atoms with Gasteiger partial charge in [0.1, 0.15) is 6.10 Å². The number of hydrogen-bond acceptors (Lipinski definition) is 3. The van der Waals surface area contributed by atoms with Crippen molar-refractivity contribution in [3.8, 4) is 0 Å². The van der Waals surface area contributed by atoms with E-state index in [0.29, 0.717) is 12.5 Å². The van der Waals surface area contributed by atoms with E-state index >= 15 is 0 Å². The maximum absolute atomic E-state index is 12.7. The van der Waals surface area contributed by atoms with E-state index in [-0.39, 0.29) is 29.4 Å². The number of rotatable bonds is 4. The fraction of sp³-hybridized carbons (Fsp3) is 0.667. The summed E-state index contributed by atoms with van der Waals surface area (Å²) in [7, 11) is 1.89. The average Bonchev–Trinajstić information content (AvgIpc) is 2.86. The third kappa shape index (κ3) is 3.07. The Bertz CT molecular complexity index is 628. The van der Waals surface area contributed by atoms with Crippen LogP contribution in [0.1, 0.15) is 45.8 Å². The minimum absolute atomic E-state index is 0.0375. The molecule has 0 aromatic carbocycles. The van der Waals surface area contributed by atoms with Crippen LogP contribution in [0.3, 0.4) is 0 Å². The van der Waals surface area contributed by atoms with Crippen molar-refractivity contribution >= 4 is 5.91 Å². The van der Waals surface area contributed by atoms with Gasteiger partial charge in [0.15, 0.2) is 0 Å². The molecule has 0 radical (unpaired) electrons. The molecule has 2 fully saturated rings. The summed E-state index contributed by atoms with van der Waals surface area (Å²) in [6, 6.07) is 0.0375. The molecule has 2 heterocycles. The monoisotopic (exact) mass is 317 g/mol. The van der Waals surface area contributed by atoms with E-state index in [9.17, 15) is 4.79 Å². The van der Waals surface area contributed by atoms with Gasteiger partial charge in [-0.1, -0.05) is 25.5 Å². The minimum atomic E-state index is -0.0867. The Hall–Kier alpha value is -1.62. The van der Waals surface area contributed by atoms with Crippen molar-refractivity contribution in [3.05, 3.63) is 29.6 Å². The van der Waals surface area contributed by atoms with E-state index in [2.05, 4.69) is 44.2 Å². The van der Waals surface area contributed by atoms with E-state index in [0.717, 1.165) is 12.0 Å². The minimum Gasteiger partial charge on any atom is -0.371 e. The van der Waals surface area contributed by atoms with Crippen LogP contribution in [0.4, 0.5) is 0 Å². The second kappa shape index (κ2) is 5.78. The van der Waals surface area contributed by atoms with Gasteiger partial charge in [-0.05, 0) is 31.6 Å². The lowest BCUT2D eigenvalue weighted by atomic mass is 10.0. The molecule has 0 bridgehead atoms. The van der Waals surface area contributed by atoms with Gasteiger partial charge in [0.2, 0.25) is 5.91 Å². The molecule has 2 unspecified atom stereocenters. The van der Waals surface area contributed by atoms with Gasteiger partial charge in [-0.15, -0.1) is 0 Å². The van der Waals surface area contributed by atoms with Gasteiger partial charge in [-0.3, -0.25) is 9.48 Å². The van der Waals surface area contributed by atoms with E-state index in [1.807, 2.05) is 19.4 Å². The predicted octanol–water partition coefficient (Wildman–Crippen LogP) is 2.60. The largest absolute Gasteiger partial charge is 0.371 e. The summed E-state index contributed by atoms with van der Waals surface area (Å²) in [6.07, 6.45) is 6.78. The third-order valence-corrected chi connectivity index (χ3v) is 5.18. The van der Waals surface area contributed by atoms with Crippen LogP contribution in [0.5, 0.6) is 0 Å². The van der Waals surface area contributed by atoms with Crippen LogP contribution in [0.2, 0.25) is 0 Å². The normalized spacial score (nSPS) is 31.7. The van der Waals surface area contributed by atoms with Crippen molar-refractivity contribution < 1.29 is 9.53 Å². The summed E-state index contributed by atoms with van der Waals surface area (Å²) < 4.78 is 7.60. The second-order valence-electron chi connectivity index (χ2n) is 7.71. The molecule has 1 aromatic rings. The molecular weight excluding hydrogens is 290 g/mol. The number of allylic oxidation sites excluding steroid dienone is 2. The number of ether oxygens (including phenoxy) is 1. The zero-order valence-corrected chi connectivity index (χ0v) is 14.7. The van der Waals surface area contributed by atoms with Gasteiger partial charge < -0.3 is 10.1 Å². The van der Waals surface area contributed by atoms with E-state index in [1.54, 1.807) is 4.68 Å². The van der Waals surface area contributed by atoms with Crippen LogP contribution in [0.15, 0.2) is 24.0 Å². The van der Waals surface area contributed by atoms with Crippen LogP contribution < -0.4 is 5.32 Å². The van der Waals surface area contributed by atoms with Gasteiger partial charge >= 0.3 is 0 Å². The quantitative estimate of drug-likeness (QED) is 0.869. The van der Waals surface area contributed by atoms with Gasteiger partial charge in [-0.25, -0.2) is 0 Å². The summed E-state index contributed by atoms with van der Waals surface area (Å²) >= 11 is 0. The first-order valence-electron chi connectivity index (χ1n) is 8.36. The fourth-order valence-electron chi connectivity index (χ4n) is 3.77. The Morgan fingerprint density at radius 1 is 1.48 bits per heavy atom. The molecule has 0 spiro atoms. The molecule has 23 heavy (non-hydrogen) atoms. The summed E-state index contributed by atoms with van der Waals surface area (Å²) in [5.74, 6) is 0.557. The maximum Gasteiger partial charge on any atom is 0.224 e. The summed E-state index contributed by atoms with van der Waals surface area (Å²) in [6.45, 7) is 9.20. The molecule has 1 N–H and O–H groups in total. The summed E-state index contributed by atoms with van der Waals surface area (Å²) in [5, 5.41) is 7.43. The Morgan fingerprint density at radius 2 is 2.22 bits per heavy atom. The highest BCUT2D eigenvalue weighted by atomic mass is 16.5. The lowest BCUT2D eigenvalue weighted by Gasteiger charge is -2.19. The number of aryl methyl sites for hydroxylation is 1. The molecule has 1 aliphatic carbocycles. The van der Waals surface area contributed by atoms with E-state index < -0.39 is 0 Å². The molecule has 1 saturated heterocycles. The lowest BCUT2D eigenvalue weighted by Crippen LogP contribution is -2.38. The zero-order chi connectivity index (χ0) is 16.8. The first-order valence-corrected chi connectivity index (χ1v) is 8.36. The van der Waals surface area contributed by atoms with E-state index in [4.69, 9.17) is 4.74 Å². The SMILES string of the molecule is CC(C)=CC1C(C(=O)N[C@H]2CCO[C@@H]2c2cnn(C)c2)C1(C)C. The molecule has 5 nitrogen and oxygen atoms in total. The second-order valence-corrected chi connectivity index (χ2v) is 7.71. The Kier molecular flexibility index (Phi) is 4.08. The van der Waals surface area contributed by atoms with Crippen molar-refractivity contribution in [2.45, 2.75) is 46.3 Å². The van der Waals surface area contributed by atoms with Gasteiger partial charge in [0, 0.05) is 25.4 Å². The molecule has 1 aliphatic heterocycles. The van der Waals surface area contributed by atoms with Crippen molar-refractivity contribution in [1.29, 1.82) is 0 Å². The standard InChI is InChI=1S/C18H27N3O2/c1-11(2)8-13-15(18(13,3)4)17(22)20-14-6-7-23-16(14)12-9-19-21(5)10-12/h8-10,13-16H,6-7H2,1-5H3,(H,20,22)/t13?,14-,15?,16+/m0/s1. The molecule has 4 atom stereocenters. The van der Waals surface area contributed by atoms with Crippen molar-refractivity contribution in [2.24, 2.45) is 24.3 Å². The molecule has 1 amide bonds. The molecular formula is C18H27N3O2. The first kappa shape index (κ1) is 16.2. The Morgan fingerprint density at radius 3 is 2.83 bits per heavy atom. The lowest BCUT2D eigenvalue weighted by molar-refractivity contribution is -0.124. The van der Waals surface area contributed by atoms with Crippen LogP contribution >= 0.6 is 0 Å². The number of carbonyl (C=O) groups excluding carboxylic acids is 1. The molecule has 3 rings (SSSR count). The van der Waals surface area contributed by atoms with Crippen molar-refractivity contribution in [3.63, 3.8) is 0 Å². The van der Waals surface area contributed by atoms with Crippen molar-refractivity contribution in [2.75, 3.05) is 6.61 Å². The highest BCUT2D eigenvalue weighted by Gasteiger charge is 2.60. The molecule has 5 heteroatoms. The number of hydrogen-bond donors (Lipinski definition) is 1. The van der Waals surface area contributed by atoms with Crippen molar-refractivity contribution in [1.82, 2.24) is 15.1 Å². The van der Waals surface area contributed by atoms with Gasteiger partial charge in [0.25, 0.3) is 0 Å². The number of nitrogens with zero attached hydrogens (tertiary/aromatic N) is 2. The highest BCUT2D eigenvalue weighted by Crippen LogP contribution is 2.59. The summed E-state index contributed by atoms with van der Waals surface area (Å²) in [5.41, 5.74) is 2.35. The first-order chi connectivity index (χ1) is 10.8. The highest BCUT2D eigenvalue weighted by molar-refractivity contribution is 5.84. The van der Waals surface area contributed by atoms with Crippen LogP contribution in [-0.2, 0) is 16.6 Å². The smallest absolute Gasteiger partial charge is 0.224 e. The predicted molar refractivity (Wildman–Crippen MR) is 88.6 cm³/mol. The van der Waals surface area contributed by atoms with Crippen LogP contribution in [0, 0.1) is 17.3 Å². The van der Waals surface area contributed by atoms with Crippen LogP contribution in [-0.4, -0.2) is 28.3 Å². The topological polar surface area (TPSA) is 56.1 Å². The Balaban J connectivity index is 1.67. The number of amides is 1. The fourth-order valence-corrected chi connectivity index (χ4v) is 3.77. The Labute approximate surface area is 138 Å². The number of aromatic nitrogens is 2. The average molecular weight is 317 g/mol. The summed E-state index contributed by atoms with van der Waals surface area (Å²) in [4.78, 5) is 12.7.